The van der Waals surface area contributed by atoms with Crippen molar-refractivity contribution >= 4 is 16.8 Å². The van der Waals surface area contributed by atoms with E-state index in [1.807, 2.05) is 11.9 Å². The Morgan fingerprint density at radius 1 is 1.07 bits per heavy atom. The molecule has 2 aromatic rings. The highest BCUT2D eigenvalue weighted by Crippen LogP contribution is 2.33. The fourth-order valence-electron chi connectivity index (χ4n) is 4.92. The Morgan fingerprint density at radius 3 is 2.74 bits per heavy atom. The Balaban J connectivity index is 1.55. The largest absolute Gasteiger partial charge is 0.348 e. The topological polar surface area (TPSA) is 31.7 Å². The first-order valence-electron chi connectivity index (χ1n) is 10.3. The fraction of sp³-hybridized carbons (Fsp3) is 0.591. The third-order valence-electron chi connectivity index (χ3n) is 6.86. The highest BCUT2D eigenvalue weighted by Gasteiger charge is 2.41. The van der Waals surface area contributed by atoms with E-state index in [1.165, 1.54) is 16.5 Å². The van der Waals surface area contributed by atoms with Crippen LogP contribution in [0.25, 0.3) is 10.9 Å². The number of nitrogens with zero attached hydrogens (tertiary/aromatic N) is 4. The van der Waals surface area contributed by atoms with E-state index >= 15 is 0 Å². The zero-order chi connectivity index (χ0) is 19.0. The van der Waals surface area contributed by atoms with Crippen LogP contribution in [0.15, 0.2) is 30.5 Å². The molecule has 1 aromatic carbocycles. The molecular weight excluding hydrogens is 336 g/mol. The third-order valence-corrected chi connectivity index (χ3v) is 6.86. The van der Waals surface area contributed by atoms with Crippen LogP contribution in [0.5, 0.6) is 0 Å². The molecule has 1 spiro atoms. The van der Waals surface area contributed by atoms with Gasteiger partial charge in [0.1, 0.15) is 0 Å². The zero-order valence-corrected chi connectivity index (χ0v) is 16.9. The maximum Gasteiger partial charge on any atom is 0.222 e. The minimum atomic E-state index is 0.127. The smallest absolute Gasteiger partial charge is 0.222 e. The third kappa shape index (κ3) is 3.39. The van der Waals surface area contributed by atoms with Crippen molar-refractivity contribution in [2.75, 3.05) is 40.3 Å². The molecule has 1 unspecified atom stereocenters. The molecule has 0 radical (unpaired) electrons. The predicted octanol–water partition coefficient (Wildman–Crippen LogP) is 2.79. The van der Waals surface area contributed by atoms with Crippen LogP contribution in [0.1, 0.15) is 31.7 Å². The minimum Gasteiger partial charge on any atom is -0.348 e. The van der Waals surface area contributed by atoms with Crippen LogP contribution in [0.4, 0.5) is 0 Å². The van der Waals surface area contributed by atoms with Crippen LogP contribution < -0.4 is 0 Å². The Hall–Kier alpha value is -1.85. The van der Waals surface area contributed by atoms with Crippen LogP contribution in [0.3, 0.4) is 0 Å². The number of aryl methyl sites for hydroxylation is 1. The van der Waals surface area contributed by atoms with Gasteiger partial charge in [-0.3, -0.25) is 14.6 Å². The SMILES string of the molecule is CCn1ccc2c(CN3CCN(C)C4(CCC(=O)N(C)CC4)C3)cccc21. The summed E-state index contributed by atoms with van der Waals surface area (Å²) in [4.78, 5) is 19.2. The molecule has 4 rings (SSSR count). The number of fused-ring (bicyclic) bond motifs is 1. The lowest BCUT2D eigenvalue weighted by Crippen LogP contribution is -2.60. The van der Waals surface area contributed by atoms with Gasteiger partial charge in [-0.1, -0.05) is 12.1 Å². The van der Waals surface area contributed by atoms with Crippen LogP contribution in [0, 0.1) is 0 Å². The second-order valence-electron chi connectivity index (χ2n) is 8.37. The number of carbonyl (C=O) groups excluding carboxylic acids is 1. The van der Waals surface area contributed by atoms with Gasteiger partial charge in [0.05, 0.1) is 0 Å². The lowest BCUT2D eigenvalue weighted by atomic mass is 9.86. The van der Waals surface area contributed by atoms with Gasteiger partial charge in [0.15, 0.2) is 0 Å². The van der Waals surface area contributed by atoms with E-state index < -0.39 is 0 Å². The quantitative estimate of drug-likeness (QED) is 0.835. The monoisotopic (exact) mass is 368 g/mol. The molecule has 0 bridgehead atoms. The number of piperazine rings is 1. The normalized spacial score (nSPS) is 25.4. The van der Waals surface area contributed by atoms with Crippen LogP contribution in [-0.4, -0.2) is 71.0 Å². The standard InChI is InChI=1S/C22H32N4O/c1-4-26-12-9-19-18(6-5-7-20(19)26)16-25-15-14-24(3)22(17-25)10-8-21(27)23(2)13-11-22/h5-7,9,12H,4,8,10-11,13-17H2,1-3H3. The lowest BCUT2D eigenvalue weighted by Gasteiger charge is -2.49. The van der Waals surface area contributed by atoms with Crippen molar-refractivity contribution in [1.82, 2.24) is 19.3 Å². The van der Waals surface area contributed by atoms with Gasteiger partial charge in [-0.25, -0.2) is 0 Å². The van der Waals surface area contributed by atoms with Gasteiger partial charge in [-0.15, -0.1) is 0 Å². The molecule has 146 valence electrons. The average Bonchev–Trinajstić information content (AvgIpc) is 3.05. The molecule has 0 saturated carbocycles. The van der Waals surface area contributed by atoms with E-state index in [-0.39, 0.29) is 5.54 Å². The summed E-state index contributed by atoms with van der Waals surface area (Å²) in [6, 6.07) is 8.95. The first-order valence-corrected chi connectivity index (χ1v) is 10.3. The van der Waals surface area contributed by atoms with Crippen LogP contribution in [0.2, 0.25) is 0 Å². The van der Waals surface area contributed by atoms with Crippen molar-refractivity contribution < 1.29 is 4.79 Å². The second kappa shape index (κ2) is 7.28. The first-order chi connectivity index (χ1) is 13.0. The molecule has 2 aliphatic heterocycles. The molecule has 27 heavy (non-hydrogen) atoms. The van der Waals surface area contributed by atoms with Crippen molar-refractivity contribution in [2.45, 2.75) is 44.8 Å². The number of amides is 1. The molecule has 0 aliphatic carbocycles. The van der Waals surface area contributed by atoms with Gasteiger partial charge >= 0.3 is 0 Å². The van der Waals surface area contributed by atoms with Crippen molar-refractivity contribution in [3.05, 3.63) is 36.0 Å². The van der Waals surface area contributed by atoms with Gasteiger partial charge in [0.25, 0.3) is 0 Å². The molecule has 2 fully saturated rings. The maximum atomic E-state index is 12.2. The van der Waals surface area contributed by atoms with Crippen molar-refractivity contribution in [3.63, 3.8) is 0 Å². The highest BCUT2D eigenvalue weighted by atomic mass is 16.2. The summed E-state index contributed by atoms with van der Waals surface area (Å²) in [5.41, 5.74) is 2.88. The van der Waals surface area contributed by atoms with Gasteiger partial charge in [-0.05, 0) is 44.5 Å². The number of likely N-dealkylation sites (N-methyl/N-ethyl adjacent to an activating group) is 1. The molecule has 0 N–H and O–H groups in total. The zero-order valence-electron chi connectivity index (χ0n) is 16.9. The number of likely N-dealkylation sites (tertiary alicyclic amines) is 1. The number of rotatable bonds is 3. The number of carbonyl (C=O) groups is 1. The Labute approximate surface area is 162 Å². The van der Waals surface area contributed by atoms with E-state index in [2.05, 4.69) is 58.8 Å². The summed E-state index contributed by atoms with van der Waals surface area (Å²) < 4.78 is 2.32. The van der Waals surface area contributed by atoms with Crippen LogP contribution >= 0.6 is 0 Å². The van der Waals surface area contributed by atoms with Gasteiger partial charge < -0.3 is 9.47 Å². The maximum absolute atomic E-state index is 12.2. The molecule has 1 amide bonds. The van der Waals surface area contributed by atoms with Crippen molar-refractivity contribution in [2.24, 2.45) is 0 Å². The van der Waals surface area contributed by atoms with Crippen molar-refractivity contribution in [1.29, 1.82) is 0 Å². The lowest BCUT2D eigenvalue weighted by molar-refractivity contribution is -0.129. The summed E-state index contributed by atoms with van der Waals surface area (Å²) in [5.74, 6) is 0.295. The number of aromatic nitrogens is 1. The molecular formula is C22H32N4O. The van der Waals surface area contributed by atoms with E-state index in [0.717, 1.165) is 52.1 Å². The summed E-state index contributed by atoms with van der Waals surface area (Å²) in [6.07, 6.45) is 4.91. The van der Waals surface area contributed by atoms with Gasteiger partial charge in [0.2, 0.25) is 5.91 Å². The Morgan fingerprint density at radius 2 is 1.93 bits per heavy atom. The molecule has 1 aromatic heterocycles. The fourth-order valence-corrected chi connectivity index (χ4v) is 4.92. The molecule has 5 heteroatoms. The predicted molar refractivity (Wildman–Crippen MR) is 110 cm³/mol. The van der Waals surface area contributed by atoms with Crippen LogP contribution in [-0.2, 0) is 17.9 Å². The first kappa shape index (κ1) is 18.5. The highest BCUT2D eigenvalue weighted by molar-refractivity contribution is 5.83. The molecule has 2 saturated heterocycles. The van der Waals surface area contributed by atoms with Gasteiger partial charge in [-0.2, -0.15) is 0 Å². The molecule has 2 aliphatic rings. The summed E-state index contributed by atoms with van der Waals surface area (Å²) in [6.45, 7) is 8.27. The van der Waals surface area contributed by atoms with E-state index in [0.29, 0.717) is 12.3 Å². The number of hydrogen-bond donors (Lipinski definition) is 0. The Bertz CT molecular complexity index is 829. The second-order valence-corrected chi connectivity index (χ2v) is 8.37. The van der Waals surface area contributed by atoms with Crippen molar-refractivity contribution in [3.8, 4) is 0 Å². The average molecular weight is 369 g/mol. The molecule has 3 heterocycles. The van der Waals surface area contributed by atoms with E-state index in [4.69, 9.17) is 0 Å². The number of hydrogen-bond acceptors (Lipinski definition) is 3. The van der Waals surface area contributed by atoms with Gasteiger partial charge in [0, 0.05) is 75.4 Å². The summed E-state index contributed by atoms with van der Waals surface area (Å²) in [5, 5.41) is 1.38. The number of benzene rings is 1. The van der Waals surface area contributed by atoms with E-state index in [1.54, 1.807) is 0 Å². The molecule has 5 nitrogen and oxygen atoms in total. The van der Waals surface area contributed by atoms with E-state index in [9.17, 15) is 4.79 Å². The minimum absolute atomic E-state index is 0.127. The summed E-state index contributed by atoms with van der Waals surface area (Å²) in [7, 11) is 4.19. The molecule has 1 atom stereocenters. The Kier molecular flexibility index (Phi) is 4.99. The summed E-state index contributed by atoms with van der Waals surface area (Å²) >= 11 is 0.